The van der Waals surface area contributed by atoms with E-state index in [4.69, 9.17) is 0 Å². The highest BCUT2D eigenvalue weighted by Gasteiger charge is 2.60. The zero-order chi connectivity index (χ0) is 11.9. The van der Waals surface area contributed by atoms with E-state index in [0.29, 0.717) is 6.42 Å². The Bertz CT molecular complexity index is 326. The van der Waals surface area contributed by atoms with Crippen molar-refractivity contribution < 1.29 is 14.8 Å². The Balaban J connectivity index is 2.38. The summed E-state index contributed by atoms with van der Waals surface area (Å²) in [5.41, 5.74) is -1.41. The molecule has 0 spiro atoms. The molecule has 0 heterocycles. The molecule has 4 atom stereocenters. The van der Waals surface area contributed by atoms with E-state index in [-0.39, 0.29) is 24.5 Å². The van der Waals surface area contributed by atoms with Crippen LogP contribution in [0.4, 0.5) is 0 Å². The van der Waals surface area contributed by atoms with E-state index in [1.807, 2.05) is 6.92 Å². The molecule has 1 N–H and O–H groups in total. The van der Waals surface area contributed by atoms with Gasteiger partial charge in [0, 0.05) is 17.8 Å². The maximum atomic E-state index is 11.8. The molecule has 0 radical (unpaired) electrons. The van der Waals surface area contributed by atoms with Crippen LogP contribution in [-0.4, -0.2) is 27.5 Å². The molecular weight excluding hydrogens is 210 g/mol. The van der Waals surface area contributed by atoms with E-state index in [1.54, 1.807) is 0 Å². The molecule has 90 valence electrons. The first-order valence-electron chi connectivity index (χ1n) is 5.86. The Morgan fingerprint density at radius 1 is 1.44 bits per heavy atom. The molecule has 5 heteroatoms. The van der Waals surface area contributed by atoms with Crippen LogP contribution in [0.15, 0.2) is 0 Å². The number of hydrogen-bond donors (Lipinski definition) is 1. The van der Waals surface area contributed by atoms with Gasteiger partial charge in [0.05, 0.1) is 5.92 Å². The van der Waals surface area contributed by atoms with Crippen LogP contribution in [0.2, 0.25) is 0 Å². The largest absolute Gasteiger partial charge is 0.382 e. The molecular formula is C11H17NO4. The van der Waals surface area contributed by atoms with Crippen LogP contribution in [-0.2, 0) is 4.79 Å². The number of Topliss-reactive ketones (excluding diaryl/α,β-unsaturated/α-hetero) is 1. The zero-order valence-electron chi connectivity index (χ0n) is 9.39. The van der Waals surface area contributed by atoms with Crippen LogP contribution in [0, 0.1) is 22.0 Å². The summed E-state index contributed by atoms with van der Waals surface area (Å²) < 4.78 is 0. The number of nitrogens with zero attached hydrogens (tertiary/aromatic N) is 1. The van der Waals surface area contributed by atoms with E-state index < -0.39 is 22.5 Å². The second kappa shape index (κ2) is 3.80. The average molecular weight is 227 g/mol. The molecule has 0 aromatic rings. The Hall–Kier alpha value is -0.970. The highest BCUT2D eigenvalue weighted by atomic mass is 16.6. The maximum absolute atomic E-state index is 11.8. The highest BCUT2D eigenvalue weighted by Crippen LogP contribution is 2.46. The second-order valence-electron chi connectivity index (χ2n) is 5.08. The Kier molecular flexibility index (Phi) is 2.74. The molecule has 4 unspecified atom stereocenters. The summed E-state index contributed by atoms with van der Waals surface area (Å²) in [6.45, 7) is 1.82. The van der Waals surface area contributed by atoms with Crippen molar-refractivity contribution in [2.75, 3.05) is 0 Å². The van der Waals surface area contributed by atoms with E-state index in [2.05, 4.69) is 0 Å². The SMILES string of the molecule is CC1CCCC2C(=O)CCC([N+](=O)[O-])C12O. The maximum Gasteiger partial charge on any atom is 0.242 e. The Morgan fingerprint density at radius 3 is 2.75 bits per heavy atom. The molecule has 16 heavy (non-hydrogen) atoms. The van der Waals surface area contributed by atoms with Gasteiger partial charge in [-0.2, -0.15) is 0 Å². The number of nitro groups is 1. The fraction of sp³-hybridized carbons (Fsp3) is 0.909. The van der Waals surface area contributed by atoms with Crippen LogP contribution in [0.25, 0.3) is 0 Å². The molecule has 2 fully saturated rings. The first-order valence-corrected chi connectivity index (χ1v) is 5.86. The van der Waals surface area contributed by atoms with E-state index in [1.165, 1.54) is 0 Å². The fourth-order valence-corrected chi connectivity index (χ4v) is 3.37. The number of rotatable bonds is 1. The van der Waals surface area contributed by atoms with Crippen molar-refractivity contribution in [2.45, 2.75) is 50.7 Å². The van der Waals surface area contributed by atoms with Crippen molar-refractivity contribution in [3.05, 3.63) is 10.1 Å². The predicted molar refractivity (Wildman–Crippen MR) is 56.5 cm³/mol. The van der Waals surface area contributed by atoms with Crippen LogP contribution in [0.1, 0.15) is 39.0 Å². The molecule has 2 saturated carbocycles. The van der Waals surface area contributed by atoms with Crippen LogP contribution >= 0.6 is 0 Å². The molecule has 5 nitrogen and oxygen atoms in total. The minimum Gasteiger partial charge on any atom is -0.382 e. The van der Waals surface area contributed by atoms with Gasteiger partial charge < -0.3 is 5.11 Å². The Labute approximate surface area is 94.0 Å². The van der Waals surface area contributed by atoms with Crippen molar-refractivity contribution in [2.24, 2.45) is 11.8 Å². The molecule has 2 aliphatic carbocycles. The lowest BCUT2D eigenvalue weighted by atomic mass is 9.60. The smallest absolute Gasteiger partial charge is 0.242 e. The van der Waals surface area contributed by atoms with Crippen molar-refractivity contribution in [3.8, 4) is 0 Å². The van der Waals surface area contributed by atoms with Crippen LogP contribution in [0.5, 0.6) is 0 Å². The van der Waals surface area contributed by atoms with Gasteiger partial charge in [-0.25, -0.2) is 0 Å². The summed E-state index contributed by atoms with van der Waals surface area (Å²) in [6, 6.07) is -0.967. The molecule has 2 aliphatic rings. The summed E-state index contributed by atoms with van der Waals surface area (Å²) in [4.78, 5) is 22.4. The topological polar surface area (TPSA) is 80.4 Å². The standard InChI is InChI=1S/C11H17NO4/c1-7-3-2-4-8-9(13)5-6-10(12(15)16)11(7,8)14/h7-8,10,14H,2-6H2,1H3. The van der Waals surface area contributed by atoms with Crippen molar-refractivity contribution in [1.82, 2.24) is 0 Å². The fourth-order valence-electron chi connectivity index (χ4n) is 3.37. The van der Waals surface area contributed by atoms with Gasteiger partial charge in [-0.1, -0.05) is 13.3 Å². The third-order valence-corrected chi connectivity index (χ3v) is 4.32. The third kappa shape index (κ3) is 1.45. The van der Waals surface area contributed by atoms with Gasteiger partial charge in [-0.15, -0.1) is 0 Å². The number of carbonyl (C=O) groups excluding carboxylic acids is 1. The zero-order valence-corrected chi connectivity index (χ0v) is 9.39. The lowest BCUT2D eigenvalue weighted by Gasteiger charge is -2.47. The first kappa shape index (κ1) is 11.5. The van der Waals surface area contributed by atoms with E-state index in [0.717, 1.165) is 12.8 Å². The molecule has 2 rings (SSSR count). The van der Waals surface area contributed by atoms with Crippen molar-refractivity contribution in [1.29, 1.82) is 0 Å². The highest BCUT2D eigenvalue weighted by molar-refractivity contribution is 5.83. The number of aliphatic hydroxyl groups is 1. The lowest BCUT2D eigenvalue weighted by Crippen LogP contribution is -2.62. The normalized spacial score (nSPS) is 43.9. The number of hydrogen-bond acceptors (Lipinski definition) is 4. The summed E-state index contributed by atoms with van der Waals surface area (Å²) in [7, 11) is 0. The third-order valence-electron chi connectivity index (χ3n) is 4.32. The van der Waals surface area contributed by atoms with Gasteiger partial charge in [0.25, 0.3) is 0 Å². The Morgan fingerprint density at radius 2 is 2.12 bits per heavy atom. The number of carbonyl (C=O) groups is 1. The van der Waals surface area contributed by atoms with Gasteiger partial charge in [0.15, 0.2) is 0 Å². The summed E-state index contributed by atoms with van der Waals surface area (Å²) in [5, 5.41) is 21.6. The summed E-state index contributed by atoms with van der Waals surface area (Å²) in [5.74, 6) is -0.668. The minimum atomic E-state index is -1.41. The average Bonchev–Trinajstić information content (AvgIpc) is 2.20. The van der Waals surface area contributed by atoms with Crippen molar-refractivity contribution in [3.63, 3.8) is 0 Å². The lowest BCUT2D eigenvalue weighted by molar-refractivity contribution is -0.554. The van der Waals surface area contributed by atoms with Crippen molar-refractivity contribution >= 4 is 5.78 Å². The minimum absolute atomic E-state index is 0.00662. The van der Waals surface area contributed by atoms with Gasteiger partial charge >= 0.3 is 0 Å². The molecule has 0 aliphatic heterocycles. The second-order valence-corrected chi connectivity index (χ2v) is 5.08. The molecule has 0 amide bonds. The molecule has 0 aromatic carbocycles. The number of ketones is 1. The molecule has 0 bridgehead atoms. The van der Waals surface area contributed by atoms with E-state index >= 15 is 0 Å². The van der Waals surface area contributed by atoms with Gasteiger partial charge in [-0.3, -0.25) is 14.9 Å². The summed E-state index contributed by atoms with van der Waals surface area (Å²) in [6.07, 6.45) is 2.67. The van der Waals surface area contributed by atoms with Gasteiger partial charge in [-0.05, 0) is 18.8 Å². The predicted octanol–water partition coefficient (Wildman–Crippen LogP) is 1.16. The van der Waals surface area contributed by atoms with E-state index in [9.17, 15) is 20.0 Å². The van der Waals surface area contributed by atoms with Gasteiger partial charge in [0.1, 0.15) is 11.4 Å². The quantitative estimate of drug-likeness (QED) is 0.538. The monoisotopic (exact) mass is 227 g/mol. The number of fused-ring (bicyclic) bond motifs is 1. The first-order chi connectivity index (χ1) is 7.48. The van der Waals surface area contributed by atoms with Gasteiger partial charge in [0.2, 0.25) is 6.04 Å². The van der Waals surface area contributed by atoms with Crippen LogP contribution < -0.4 is 0 Å². The van der Waals surface area contributed by atoms with Crippen LogP contribution in [0.3, 0.4) is 0 Å². The molecule has 0 aromatic heterocycles. The summed E-state index contributed by atoms with van der Waals surface area (Å²) >= 11 is 0. The molecule has 0 saturated heterocycles.